The maximum atomic E-state index is 9.80. The van der Waals surface area contributed by atoms with Crippen molar-refractivity contribution in [2.45, 2.75) is 0 Å². The number of halogens is 2. The van der Waals surface area contributed by atoms with Crippen LogP contribution in [0.25, 0.3) is 0 Å². The van der Waals surface area contributed by atoms with E-state index < -0.39 is 0 Å². The molecule has 0 atom stereocenters. The fourth-order valence-electron chi connectivity index (χ4n) is 2.46. The van der Waals surface area contributed by atoms with Gasteiger partial charge in [-0.1, -0.05) is 23.2 Å². The Kier molecular flexibility index (Phi) is 5.85. The van der Waals surface area contributed by atoms with Crippen molar-refractivity contribution in [2.24, 2.45) is 10.2 Å². The molecule has 0 bridgehead atoms. The number of hydrogen-bond donors (Lipinski definition) is 2. The molecule has 2 aromatic carbocycles. The van der Waals surface area contributed by atoms with Crippen molar-refractivity contribution in [3.63, 3.8) is 0 Å². The monoisotopic (exact) mass is 392 g/mol. The Morgan fingerprint density at radius 3 is 1.50 bits per heavy atom. The molecule has 0 amide bonds. The summed E-state index contributed by atoms with van der Waals surface area (Å²) in [5.74, 6) is 0.283. The number of benzene rings is 2. The van der Waals surface area contributed by atoms with Gasteiger partial charge < -0.3 is 10.2 Å². The molecule has 2 N–H and O–H groups in total. The summed E-state index contributed by atoms with van der Waals surface area (Å²) in [7, 11) is 0. The highest BCUT2D eigenvalue weighted by atomic mass is 35.5. The Balaban J connectivity index is 1.56. The number of hydrogen-bond acceptors (Lipinski definition) is 6. The number of aromatic hydroxyl groups is 2. The van der Waals surface area contributed by atoms with Gasteiger partial charge in [0.2, 0.25) is 0 Å². The van der Waals surface area contributed by atoms with Gasteiger partial charge in [0.25, 0.3) is 0 Å². The summed E-state index contributed by atoms with van der Waals surface area (Å²) in [4.78, 5) is 0. The van der Waals surface area contributed by atoms with Gasteiger partial charge in [0.15, 0.2) is 0 Å². The van der Waals surface area contributed by atoms with E-state index in [0.717, 1.165) is 0 Å². The van der Waals surface area contributed by atoms with Gasteiger partial charge in [-0.25, -0.2) is 0 Å². The second kappa shape index (κ2) is 8.29. The molecule has 0 aromatic heterocycles. The first-order chi connectivity index (χ1) is 12.5. The van der Waals surface area contributed by atoms with Gasteiger partial charge in [-0.15, -0.1) is 0 Å². The lowest BCUT2D eigenvalue weighted by molar-refractivity contribution is 0.141. The van der Waals surface area contributed by atoms with E-state index in [4.69, 9.17) is 23.2 Å². The van der Waals surface area contributed by atoms with E-state index in [1.165, 1.54) is 0 Å². The van der Waals surface area contributed by atoms with Crippen LogP contribution in [-0.2, 0) is 0 Å². The molecule has 8 heteroatoms. The maximum absolute atomic E-state index is 9.80. The maximum Gasteiger partial charge on any atom is 0.124 e. The molecular weight excluding hydrogens is 375 g/mol. The molecule has 1 fully saturated rings. The number of rotatable bonds is 4. The van der Waals surface area contributed by atoms with Crippen LogP contribution in [0.1, 0.15) is 11.1 Å². The van der Waals surface area contributed by atoms with Gasteiger partial charge >= 0.3 is 0 Å². The van der Waals surface area contributed by atoms with Crippen LogP contribution in [0.2, 0.25) is 10.0 Å². The Hall–Kier alpha value is -2.44. The van der Waals surface area contributed by atoms with E-state index in [1.54, 1.807) is 48.8 Å². The minimum Gasteiger partial charge on any atom is -0.507 e. The molecule has 0 spiro atoms. The SMILES string of the molecule is Oc1ccc(Cl)cc1/C=N\N1CCN(/N=C/c2cc(Cl)ccc2O)CC1. The fraction of sp³-hybridized carbons (Fsp3) is 0.222. The van der Waals surface area contributed by atoms with Crippen molar-refractivity contribution in [3.8, 4) is 11.5 Å². The van der Waals surface area contributed by atoms with E-state index in [-0.39, 0.29) is 11.5 Å². The molecule has 26 heavy (non-hydrogen) atoms. The zero-order valence-electron chi connectivity index (χ0n) is 13.9. The van der Waals surface area contributed by atoms with Crippen LogP contribution in [-0.4, -0.2) is 58.8 Å². The van der Waals surface area contributed by atoms with Crippen LogP contribution >= 0.6 is 23.2 Å². The van der Waals surface area contributed by atoms with Crippen LogP contribution in [0.4, 0.5) is 0 Å². The Morgan fingerprint density at radius 1 is 0.731 bits per heavy atom. The van der Waals surface area contributed by atoms with Crippen LogP contribution in [0, 0.1) is 0 Å². The topological polar surface area (TPSA) is 71.7 Å². The van der Waals surface area contributed by atoms with E-state index in [1.807, 2.05) is 10.0 Å². The van der Waals surface area contributed by atoms with Crippen molar-refractivity contribution in [1.29, 1.82) is 0 Å². The molecule has 1 saturated heterocycles. The zero-order valence-corrected chi connectivity index (χ0v) is 15.4. The third-order valence-corrected chi connectivity index (χ3v) is 4.40. The summed E-state index contributed by atoms with van der Waals surface area (Å²) in [5.41, 5.74) is 1.16. The summed E-state index contributed by atoms with van der Waals surface area (Å²) in [6.45, 7) is 2.76. The third kappa shape index (κ3) is 4.80. The Labute approximate surface area is 161 Å². The molecule has 1 aliphatic heterocycles. The number of phenolic OH excluding ortho intramolecular Hbond substituents is 2. The minimum atomic E-state index is 0.141. The normalized spacial score (nSPS) is 15.3. The van der Waals surface area contributed by atoms with Gasteiger partial charge in [0.1, 0.15) is 11.5 Å². The molecule has 1 aliphatic rings. The summed E-state index contributed by atoms with van der Waals surface area (Å²) >= 11 is 11.9. The van der Waals surface area contributed by atoms with Gasteiger partial charge in [-0.2, -0.15) is 10.2 Å². The second-order valence-electron chi connectivity index (χ2n) is 5.80. The molecule has 0 aliphatic carbocycles. The highest BCUT2D eigenvalue weighted by Gasteiger charge is 2.13. The van der Waals surface area contributed by atoms with E-state index in [9.17, 15) is 10.2 Å². The largest absolute Gasteiger partial charge is 0.507 e. The van der Waals surface area contributed by atoms with Crippen LogP contribution in [0.5, 0.6) is 11.5 Å². The van der Waals surface area contributed by atoms with Gasteiger partial charge in [0, 0.05) is 21.2 Å². The average Bonchev–Trinajstić information content (AvgIpc) is 2.64. The van der Waals surface area contributed by atoms with Gasteiger partial charge in [0.05, 0.1) is 38.6 Å². The lowest BCUT2D eigenvalue weighted by Crippen LogP contribution is -2.41. The minimum absolute atomic E-state index is 0.141. The Morgan fingerprint density at radius 2 is 1.12 bits per heavy atom. The van der Waals surface area contributed by atoms with Gasteiger partial charge in [-0.3, -0.25) is 10.0 Å². The summed E-state index contributed by atoms with van der Waals surface area (Å²) in [6.07, 6.45) is 3.20. The molecule has 6 nitrogen and oxygen atoms in total. The molecule has 2 aromatic rings. The highest BCUT2D eigenvalue weighted by Crippen LogP contribution is 2.21. The number of hydrazone groups is 2. The summed E-state index contributed by atoms with van der Waals surface area (Å²) in [6, 6.07) is 9.67. The van der Waals surface area contributed by atoms with Crippen LogP contribution < -0.4 is 0 Å². The van der Waals surface area contributed by atoms with Crippen LogP contribution in [0.3, 0.4) is 0 Å². The second-order valence-corrected chi connectivity index (χ2v) is 6.68. The molecule has 136 valence electrons. The molecule has 0 saturated carbocycles. The number of nitrogens with zero attached hydrogens (tertiary/aromatic N) is 4. The van der Waals surface area contributed by atoms with E-state index in [0.29, 0.717) is 47.4 Å². The van der Waals surface area contributed by atoms with E-state index in [2.05, 4.69) is 10.2 Å². The van der Waals surface area contributed by atoms with Crippen molar-refractivity contribution in [3.05, 3.63) is 57.6 Å². The fourth-order valence-corrected chi connectivity index (χ4v) is 2.82. The summed E-state index contributed by atoms with van der Waals surface area (Å²) in [5, 5.41) is 33.3. The predicted molar refractivity (Wildman–Crippen MR) is 105 cm³/mol. The quantitative estimate of drug-likeness (QED) is 0.782. The summed E-state index contributed by atoms with van der Waals surface area (Å²) < 4.78 is 0. The molecular formula is C18H18Cl2N4O2. The first kappa shape index (κ1) is 18.4. The Bertz CT molecular complexity index is 764. The first-order valence-corrected chi connectivity index (χ1v) is 8.82. The molecule has 0 unspecified atom stereocenters. The van der Waals surface area contributed by atoms with Crippen molar-refractivity contribution in [1.82, 2.24) is 10.0 Å². The lowest BCUT2D eigenvalue weighted by atomic mass is 10.2. The molecule has 0 radical (unpaired) electrons. The standard InChI is InChI=1S/C18H18Cl2N4O2/c19-15-1-3-17(25)13(9-15)11-21-23-5-7-24(8-6-23)22-12-14-10-16(20)2-4-18(14)26/h1-4,9-12,25-26H,5-8H2/b21-11-,22-12+. The molecule has 1 heterocycles. The third-order valence-electron chi connectivity index (χ3n) is 3.93. The predicted octanol–water partition coefficient (Wildman–Crippen LogP) is 3.39. The van der Waals surface area contributed by atoms with Crippen molar-refractivity contribution < 1.29 is 10.2 Å². The van der Waals surface area contributed by atoms with E-state index >= 15 is 0 Å². The first-order valence-electron chi connectivity index (χ1n) is 8.06. The zero-order chi connectivity index (χ0) is 18.5. The smallest absolute Gasteiger partial charge is 0.124 e. The van der Waals surface area contributed by atoms with Crippen LogP contribution in [0.15, 0.2) is 46.6 Å². The highest BCUT2D eigenvalue weighted by molar-refractivity contribution is 6.31. The van der Waals surface area contributed by atoms with Gasteiger partial charge in [-0.05, 0) is 36.4 Å². The van der Waals surface area contributed by atoms with Crippen molar-refractivity contribution >= 4 is 35.6 Å². The molecule has 3 rings (SSSR count). The number of phenols is 2. The van der Waals surface area contributed by atoms with Crippen molar-refractivity contribution in [2.75, 3.05) is 26.2 Å². The number of piperazine rings is 1. The average molecular weight is 393 g/mol. The lowest BCUT2D eigenvalue weighted by Gasteiger charge is -2.31.